The second kappa shape index (κ2) is 8.11. The number of amides is 1. The number of carbonyl (C=O) groups excluding carboxylic acids is 2. The summed E-state index contributed by atoms with van der Waals surface area (Å²) < 4.78 is 37.6. The van der Waals surface area contributed by atoms with E-state index in [0.717, 1.165) is 5.56 Å². The number of rotatable bonds is 6. The third-order valence-electron chi connectivity index (χ3n) is 3.72. The average molecular weight is 377 g/mol. The molecule has 0 aliphatic rings. The molecule has 26 heavy (non-hydrogen) atoms. The molecule has 0 bridgehead atoms. The summed E-state index contributed by atoms with van der Waals surface area (Å²) >= 11 is 0. The van der Waals surface area contributed by atoms with E-state index in [4.69, 9.17) is 4.74 Å². The van der Waals surface area contributed by atoms with Crippen LogP contribution in [-0.2, 0) is 19.7 Å². The molecule has 0 radical (unpaired) electrons. The summed E-state index contributed by atoms with van der Waals surface area (Å²) in [6.07, 6.45) is -0.766. The molecule has 2 rings (SSSR count). The molecule has 0 saturated carbocycles. The zero-order valence-electron chi connectivity index (χ0n) is 14.3. The summed E-state index contributed by atoms with van der Waals surface area (Å²) in [5.74, 6) is -1.80. The van der Waals surface area contributed by atoms with Crippen LogP contribution in [0, 0.1) is 13.8 Å². The Bertz CT molecular complexity index is 923. The van der Waals surface area contributed by atoms with E-state index in [-0.39, 0.29) is 5.75 Å². The molecular weight excluding hydrogens is 358 g/mol. The molecule has 138 valence electrons. The summed E-state index contributed by atoms with van der Waals surface area (Å²) in [5, 5.41) is 0.499. The Balaban J connectivity index is 2.15. The van der Waals surface area contributed by atoms with Gasteiger partial charge in [-0.2, -0.15) is 8.42 Å². The van der Waals surface area contributed by atoms with Gasteiger partial charge < -0.3 is 10.1 Å². The first-order valence-corrected chi connectivity index (χ1v) is 9.28. The van der Waals surface area contributed by atoms with E-state index in [0.29, 0.717) is 11.3 Å². The Kier molecular flexibility index (Phi) is 6.12. The van der Waals surface area contributed by atoms with Crippen LogP contribution < -0.4 is 10.1 Å². The van der Waals surface area contributed by atoms with Crippen LogP contribution in [0.5, 0.6) is 5.75 Å². The number of anilines is 1. The van der Waals surface area contributed by atoms with Gasteiger partial charge >= 0.3 is 5.97 Å². The molecular formula is C18H19NO6S. The van der Waals surface area contributed by atoms with Gasteiger partial charge in [-0.25, -0.2) is 0 Å². The van der Waals surface area contributed by atoms with Crippen molar-refractivity contribution in [2.75, 3.05) is 5.32 Å². The molecule has 1 unspecified atom stereocenters. The highest BCUT2D eigenvalue weighted by molar-refractivity contribution is 7.87. The van der Waals surface area contributed by atoms with E-state index >= 15 is 0 Å². The van der Waals surface area contributed by atoms with Gasteiger partial charge in [-0.1, -0.05) is 36.4 Å². The monoisotopic (exact) mass is 377 g/mol. The van der Waals surface area contributed by atoms with Crippen LogP contribution in [0.3, 0.4) is 0 Å². The lowest BCUT2D eigenvalue weighted by molar-refractivity contribution is -0.135. The van der Waals surface area contributed by atoms with Gasteiger partial charge in [0.2, 0.25) is 5.91 Å². The van der Waals surface area contributed by atoms with E-state index in [1.165, 1.54) is 6.07 Å². The van der Waals surface area contributed by atoms with E-state index in [2.05, 4.69) is 5.32 Å². The number of hydrogen-bond donors (Lipinski definition) is 2. The number of hydrogen-bond acceptors (Lipinski definition) is 5. The van der Waals surface area contributed by atoms with Crippen LogP contribution in [-0.4, -0.2) is 30.1 Å². The van der Waals surface area contributed by atoms with Gasteiger partial charge in [-0.3, -0.25) is 14.1 Å². The van der Waals surface area contributed by atoms with Crippen molar-refractivity contribution in [3.8, 4) is 5.75 Å². The normalized spacial score (nSPS) is 12.3. The van der Waals surface area contributed by atoms with E-state index in [9.17, 15) is 22.6 Å². The Labute approximate surface area is 151 Å². The maximum absolute atomic E-state index is 12.2. The van der Waals surface area contributed by atoms with Gasteiger partial charge in [0.15, 0.2) is 5.25 Å². The second-order valence-electron chi connectivity index (χ2n) is 5.76. The Morgan fingerprint density at radius 1 is 1.04 bits per heavy atom. The summed E-state index contributed by atoms with van der Waals surface area (Å²) in [4.78, 5) is 24.4. The maximum Gasteiger partial charge on any atom is 0.332 e. The summed E-state index contributed by atoms with van der Waals surface area (Å²) in [6.45, 7) is 3.44. The van der Waals surface area contributed by atoms with Crippen molar-refractivity contribution in [1.29, 1.82) is 0 Å². The highest BCUT2D eigenvalue weighted by Gasteiger charge is 2.35. The maximum atomic E-state index is 12.2. The van der Waals surface area contributed by atoms with Gasteiger partial charge in [-0.15, -0.1) is 0 Å². The molecule has 0 aromatic heterocycles. The van der Waals surface area contributed by atoms with Crippen molar-refractivity contribution < 1.29 is 27.3 Å². The number of ether oxygens (including phenoxy) is 1. The molecule has 2 aromatic rings. The fraction of sp³-hybridized carbons (Fsp3) is 0.222. The van der Waals surface area contributed by atoms with Gasteiger partial charge in [0.25, 0.3) is 10.1 Å². The molecule has 0 aliphatic heterocycles. The van der Waals surface area contributed by atoms with E-state index in [1.54, 1.807) is 56.3 Å². The van der Waals surface area contributed by atoms with Crippen molar-refractivity contribution in [2.24, 2.45) is 0 Å². The first kappa shape index (κ1) is 19.6. The van der Waals surface area contributed by atoms with E-state index in [1.807, 2.05) is 0 Å². The van der Waals surface area contributed by atoms with Gasteiger partial charge in [-0.05, 0) is 37.1 Å². The predicted octanol–water partition coefficient (Wildman–Crippen LogP) is 2.49. The van der Waals surface area contributed by atoms with E-state index < -0.39 is 33.7 Å². The molecule has 8 heteroatoms. The largest absolute Gasteiger partial charge is 0.425 e. The van der Waals surface area contributed by atoms with Crippen molar-refractivity contribution in [3.63, 3.8) is 0 Å². The highest BCUT2D eigenvalue weighted by atomic mass is 32.2. The molecule has 0 heterocycles. The zero-order chi connectivity index (χ0) is 19.3. The molecule has 2 aromatic carbocycles. The quantitative estimate of drug-likeness (QED) is 0.455. The minimum atomic E-state index is -4.83. The summed E-state index contributed by atoms with van der Waals surface area (Å²) in [6, 6.07) is 13.4. The summed E-state index contributed by atoms with van der Waals surface area (Å²) in [7, 11) is -4.83. The molecule has 1 amide bonds. The average Bonchev–Trinajstić information content (AvgIpc) is 2.56. The van der Waals surface area contributed by atoms with Crippen LogP contribution in [0.4, 0.5) is 5.69 Å². The fourth-order valence-electron chi connectivity index (χ4n) is 2.24. The number of aryl methyl sites for hydroxylation is 2. The van der Waals surface area contributed by atoms with Gasteiger partial charge in [0.05, 0.1) is 6.42 Å². The van der Waals surface area contributed by atoms with Crippen molar-refractivity contribution in [1.82, 2.24) is 0 Å². The van der Waals surface area contributed by atoms with Gasteiger partial charge in [0.1, 0.15) is 5.75 Å². The van der Waals surface area contributed by atoms with Crippen LogP contribution >= 0.6 is 0 Å². The van der Waals surface area contributed by atoms with Gasteiger partial charge in [0, 0.05) is 5.69 Å². The molecule has 2 N–H and O–H groups in total. The minimum Gasteiger partial charge on any atom is -0.425 e. The Hall–Kier alpha value is -2.71. The second-order valence-corrected chi connectivity index (χ2v) is 7.36. The Morgan fingerprint density at radius 2 is 1.62 bits per heavy atom. The molecule has 0 spiro atoms. The van der Waals surface area contributed by atoms with Crippen molar-refractivity contribution in [3.05, 3.63) is 59.7 Å². The lowest BCUT2D eigenvalue weighted by Crippen LogP contribution is -2.37. The molecule has 0 saturated heterocycles. The number of benzene rings is 2. The molecule has 7 nitrogen and oxygen atoms in total. The fourth-order valence-corrected chi connectivity index (χ4v) is 2.89. The number of para-hydroxylation sites is 2. The van der Waals surface area contributed by atoms with Crippen LogP contribution in [0.15, 0.2) is 48.5 Å². The lowest BCUT2D eigenvalue weighted by Gasteiger charge is -2.15. The van der Waals surface area contributed by atoms with Crippen molar-refractivity contribution >= 4 is 27.7 Å². The topological polar surface area (TPSA) is 110 Å². The molecule has 0 aliphatic carbocycles. The predicted molar refractivity (Wildman–Crippen MR) is 96.6 cm³/mol. The highest BCUT2D eigenvalue weighted by Crippen LogP contribution is 2.19. The number of nitrogens with one attached hydrogen (secondary N) is 1. The summed E-state index contributed by atoms with van der Waals surface area (Å²) in [5.41, 5.74) is 1.87. The number of carbonyl (C=O) groups is 2. The SMILES string of the molecule is Cc1ccccc1NC(=O)CC(C(=O)Oc1ccccc1C)S(=O)(=O)O. The first-order chi connectivity index (χ1) is 12.2. The van der Waals surface area contributed by atoms with Crippen LogP contribution in [0.2, 0.25) is 0 Å². The molecule has 1 atom stereocenters. The van der Waals surface area contributed by atoms with Crippen molar-refractivity contribution in [2.45, 2.75) is 25.5 Å². The third kappa shape index (κ3) is 5.14. The smallest absolute Gasteiger partial charge is 0.332 e. The first-order valence-electron chi connectivity index (χ1n) is 7.77. The van der Waals surface area contributed by atoms with Crippen LogP contribution in [0.1, 0.15) is 17.5 Å². The standard InChI is InChI=1S/C18H19NO6S/c1-12-7-3-5-9-14(12)19-17(20)11-16(26(22,23)24)18(21)25-15-10-6-4-8-13(15)2/h3-10,16H,11H2,1-2H3,(H,19,20)(H,22,23,24). The molecule has 0 fully saturated rings. The lowest BCUT2D eigenvalue weighted by atomic mass is 10.2. The number of esters is 1. The minimum absolute atomic E-state index is 0.158. The third-order valence-corrected chi connectivity index (χ3v) is 4.79. The Morgan fingerprint density at radius 3 is 2.19 bits per heavy atom. The van der Waals surface area contributed by atoms with Crippen LogP contribution in [0.25, 0.3) is 0 Å². The zero-order valence-corrected chi connectivity index (χ0v) is 15.1.